The topological polar surface area (TPSA) is 47.9 Å². The lowest BCUT2D eigenvalue weighted by Gasteiger charge is -2.46. The Morgan fingerprint density at radius 1 is 0.941 bits per heavy atom. The molecular formula is C46H66O4Si. The molecular weight excluding hydrogens is 645 g/mol. The van der Waals surface area contributed by atoms with Gasteiger partial charge in [-0.25, -0.2) is 0 Å². The molecule has 3 saturated carbocycles. The van der Waals surface area contributed by atoms with E-state index in [9.17, 15) is 5.11 Å². The molecule has 2 aromatic rings. The van der Waals surface area contributed by atoms with Crippen molar-refractivity contribution < 1.29 is 19.0 Å². The summed E-state index contributed by atoms with van der Waals surface area (Å²) in [6, 6.07) is 21.8. The lowest BCUT2D eigenvalue weighted by molar-refractivity contribution is -0.169. The summed E-state index contributed by atoms with van der Waals surface area (Å²) in [6.45, 7) is 20.6. The van der Waals surface area contributed by atoms with Gasteiger partial charge in [-0.1, -0.05) is 130 Å². The van der Waals surface area contributed by atoms with E-state index in [-0.39, 0.29) is 23.5 Å². The van der Waals surface area contributed by atoms with Gasteiger partial charge in [-0.15, -0.1) is 0 Å². The number of allylic oxidation sites excluding steroid dienone is 3. The summed E-state index contributed by atoms with van der Waals surface area (Å²) in [5, 5.41) is 13.7. The average molecular weight is 711 g/mol. The molecule has 51 heavy (non-hydrogen) atoms. The highest BCUT2D eigenvalue weighted by atomic mass is 28.4. The van der Waals surface area contributed by atoms with Crippen LogP contribution in [0, 0.1) is 35.0 Å². The van der Waals surface area contributed by atoms with Crippen molar-refractivity contribution in [2.24, 2.45) is 23.2 Å². The van der Waals surface area contributed by atoms with Gasteiger partial charge in [0.15, 0.2) is 6.29 Å². The normalized spacial score (nSPS) is 28.6. The molecule has 0 bridgehead atoms. The molecule has 1 N–H and O–H groups in total. The van der Waals surface area contributed by atoms with Crippen LogP contribution in [0.2, 0.25) is 5.04 Å². The number of benzene rings is 2. The third kappa shape index (κ3) is 9.20. The number of aliphatic hydroxyl groups excluding tert-OH is 1. The first-order valence-electron chi connectivity index (χ1n) is 19.8. The predicted molar refractivity (Wildman–Crippen MR) is 214 cm³/mol. The Balaban J connectivity index is 1.32. The molecule has 278 valence electrons. The zero-order valence-electron chi connectivity index (χ0n) is 33.1. The zero-order chi connectivity index (χ0) is 36.9. The van der Waals surface area contributed by atoms with Crippen LogP contribution in [-0.4, -0.2) is 44.1 Å². The van der Waals surface area contributed by atoms with Crippen molar-refractivity contribution in [3.63, 3.8) is 0 Å². The third-order valence-corrected chi connectivity index (χ3v) is 17.3. The average Bonchev–Trinajstić information content (AvgIpc) is 3.43. The van der Waals surface area contributed by atoms with Crippen molar-refractivity contribution in [2.45, 2.75) is 149 Å². The summed E-state index contributed by atoms with van der Waals surface area (Å²) in [6.07, 6.45) is 13.6. The second-order valence-corrected chi connectivity index (χ2v) is 21.8. The van der Waals surface area contributed by atoms with Crippen LogP contribution in [0.15, 0.2) is 84.0 Å². The van der Waals surface area contributed by atoms with E-state index in [1.807, 2.05) is 27.7 Å². The maximum absolute atomic E-state index is 11.3. The van der Waals surface area contributed by atoms with Crippen LogP contribution < -0.4 is 10.4 Å². The fourth-order valence-electron chi connectivity index (χ4n) is 10.0. The van der Waals surface area contributed by atoms with Gasteiger partial charge in [0.25, 0.3) is 8.32 Å². The Morgan fingerprint density at radius 3 is 2.20 bits per heavy atom. The standard InChI is InChI=1S/C46H66O4Si/c1-10-48-35(3)49-45(7,8)29-17-19-34(2)42-27-28-43-37(20-18-30-46(42,43)9)26-25-36-31-38(47)33-39(32-36)50-51(44(4,5)6,40-21-13-11-14-22-40)41-23-15-12-16-24-41/h11-16,21-26,34-35,38-39,42-43,47H,10,18-20,27-28,30-33H2,1-9H3/b36-25+,37-26+/t34-,35?,38-,39+,42-,43-,46-/m1/s1. The molecule has 0 aromatic heterocycles. The first-order valence-corrected chi connectivity index (χ1v) is 21.7. The van der Waals surface area contributed by atoms with Crippen molar-refractivity contribution in [3.8, 4) is 11.8 Å². The number of hydrogen-bond acceptors (Lipinski definition) is 4. The fourth-order valence-corrected chi connectivity index (χ4v) is 14.7. The molecule has 4 nitrogen and oxygen atoms in total. The Kier molecular flexibility index (Phi) is 13.0. The SMILES string of the molecule is CCOC(C)OC(C)(C)C#CC[C@@H](C)[C@H]1CC[C@@H]2/C(=C/C=C3\C[C@@H](O)C[C@@H](O[Si](c4ccccc4)(c4ccccc4)C(C)(C)C)C3)CCC[C@@]21C. The Morgan fingerprint density at radius 2 is 1.59 bits per heavy atom. The van der Waals surface area contributed by atoms with Gasteiger partial charge in [-0.2, -0.15) is 0 Å². The van der Waals surface area contributed by atoms with Gasteiger partial charge in [0.1, 0.15) is 5.60 Å². The quantitative estimate of drug-likeness (QED) is 0.143. The molecule has 0 radical (unpaired) electrons. The Labute approximate surface area is 311 Å². The molecule has 5 rings (SSSR count). The number of rotatable bonds is 11. The predicted octanol–water partition coefficient (Wildman–Crippen LogP) is 9.75. The minimum absolute atomic E-state index is 0.0306. The van der Waals surface area contributed by atoms with Crippen LogP contribution in [0.1, 0.15) is 120 Å². The van der Waals surface area contributed by atoms with Crippen molar-refractivity contribution in [1.82, 2.24) is 0 Å². The molecule has 0 amide bonds. The fraction of sp³-hybridized carbons (Fsp3) is 0.609. The number of aliphatic hydroxyl groups is 1. The molecule has 0 heterocycles. The van der Waals surface area contributed by atoms with Crippen molar-refractivity contribution in [1.29, 1.82) is 0 Å². The molecule has 0 saturated heterocycles. The minimum Gasteiger partial charge on any atom is -0.404 e. The van der Waals surface area contributed by atoms with Crippen LogP contribution in [-0.2, 0) is 13.9 Å². The van der Waals surface area contributed by atoms with E-state index < -0.39 is 13.9 Å². The van der Waals surface area contributed by atoms with Gasteiger partial charge >= 0.3 is 0 Å². The second-order valence-electron chi connectivity index (χ2n) is 17.5. The van der Waals surface area contributed by atoms with E-state index in [2.05, 4.69) is 119 Å². The maximum atomic E-state index is 11.3. The molecule has 5 heteroatoms. The van der Waals surface area contributed by atoms with Crippen molar-refractivity contribution in [3.05, 3.63) is 84.0 Å². The van der Waals surface area contributed by atoms with Crippen molar-refractivity contribution >= 4 is 18.7 Å². The van der Waals surface area contributed by atoms with E-state index in [0.29, 0.717) is 36.2 Å². The molecule has 3 aliphatic rings. The molecule has 0 spiro atoms. The largest absolute Gasteiger partial charge is 0.404 e. The number of fused-ring (bicyclic) bond motifs is 1. The summed E-state index contributed by atoms with van der Waals surface area (Å²) in [7, 11) is -2.70. The number of hydrogen-bond donors (Lipinski definition) is 1. The van der Waals surface area contributed by atoms with Crippen LogP contribution >= 0.6 is 0 Å². The first kappa shape index (κ1) is 39.7. The summed E-state index contributed by atoms with van der Waals surface area (Å²) < 4.78 is 19.1. The van der Waals surface area contributed by atoms with E-state index >= 15 is 0 Å². The van der Waals surface area contributed by atoms with Gasteiger partial charge in [0.05, 0.1) is 12.2 Å². The molecule has 2 aromatic carbocycles. The van der Waals surface area contributed by atoms with E-state index in [0.717, 1.165) is 19.3 Å². The summed E-state index contributed by atoms with van der Waals surface area (Å²) >= 11 is 0. The maximum Gasteiger partial charge on any atom is 0.261 e. The van der Waals surface area contributed by atoms with Crippen LogP contribution in [0.5, 0.6) is 0 Å². The van der Waals surface area contributed by atoms with E-state index in [4.69, 9.17) is 13.9 Å². The van der Waals surface area contributed by atoms with Crippen LogP contribution in [0.4, 0.5) is 0 Å². The highest BCUT2D eigenvalue weighted by Crippen LogP contribution is 2.59. The van der Waals surface area contributed by atoms with Gasteiger partial charge < -0.3 is 19.0 Å². The highest BCUT2D eigenvalue weighted by Gasteiger charge is 2.52. The van der Waals surface area contributed by atoms with Crippen LogP contribution in [0.3, 0.4) is 0 Å². The van der Waals surface area contributed by atoms with Crippen LogP contribution in [0.25, 0.3) is 0 Å². The van der Waals surface area contributed by atoms with E-state index in [1.54, 1.807) is 5.57 Å². The lowest BCUT2D eigenvalue weighted by Crippen LogP contribution is -2.68. The molecule has 3 fully saturated rings. The van der Waals surface area contributed by atoms with Crippen molar-refractivity contribution in [2.75, 3.05) is 6.61 Å². The summed E-state index contributed by atoms with van der Waals surface area (Å²) in [5.74, 6) is 8.73. The lowest BCUT2D eigenvalue weighted by atomic mass is 9.61. The molecule has 1 unspecified atom stereocenters. The molecule has 3 aliphatic carbocycles. The molecule has 7 atom stereocenters. The summed E-state index contributed by atoms with van der Waals surface area (Å²) in [4.78, 5) is 0. The van der Waals surface area contributed by atoms with E-state index in [1.165, 1.54) is 48.1 Å². The Hall–Kier alpha value is -2.46. The van der Waals surface area contributed by atoms with Gasteiger partial charge in [-0.05, 0) is 118 Å². The third-order valence-electron chi connectivity index (χ3n) is 12.2. The summed E-state index contributed by atoms with van der Waals surface area (Å²) in [5.41, 5.74) is 2.71. The zero-order valence-corrected chi connectivity index (χ0v) is 34.1. The smallest absolute Gasteiger partial charge is 0.261 e. The second kappa shape index (κ2) is 16.7. The molecule has 0 aliphatic heterocycles. The highest BCUT2D eigenvalue weighted by molar-refractivity contribution is 6.99. The number of ether oxygens (including phenoxy) is 2. The van der Waals surface area contributed by atoms with Gasteiger partial charge in [0.2, 0.25) is 0 Å². The monoisotopic (exact) mass is 710 g/mol. The van der Waals surface area contributed by atoms with Gasteiger partial charge in [0, 0.05) is 13.0 Å². The Bertz CT molecular complexity index is 1500. The van der Waals surface area contributed by atoms with Gasteiger partial charge in [-0.3, -0.25) is 0 Å². The minimum atomic E-state index is -2.70. The first-order chi connectivity index (χ1) is 24.2.